The molecule has 32 heavy (non-hydrogen) atoms. The summed E-state index contributed by atoms with van der Waals surface area (Å²) in [4.78, 5) is 32.3. The van der Waals surface area contributed by atoms with Crippen molar-refractivity contribution in [3.05, 3.63) is 17.5 Å². The van der Waals surface area contributed by atoms with Gasteiger partial charge in [-0.1, -0.05) is 19.3 Å². The summed E-state index contributed by atoms with van der Waals surface area (Å²) in [6, 6.07) is 1.71. The summed E-state index contributed by atoms with van der Waals surface area (Å²) in [6.45, 7) is 3.46. The number of nitrogen functional groups attached to an aromatic ring is 1. The fourth-order valence-electron chi connectivity index (χ4n) is 3.46. The highest BCUT2D eigenvalue weighted by atomic mass is 35.5. The van der Waals surface area contributed by atoms with Crippen LogP contribution in [0.1, 0.15) is 45.8 Å². The molecule has 1 saturated heterocycles. The van der Waals surface area contributed by atoms with Crippen molar-refractivity contribution in [2.45, 2.75) is 57.5 Å². The third-order valence-electron chi connectivity index (χ3n) is 5.09. The zero-order chi connectivity index (χ0) is 23.3. The van der Waals surface area contributed by atoms with Gasteiger partial charge in [0.2, 0.25) is 10.9 Å². The number of ether oxygens (including phenoxy) is 4. The normalized spacial score (nSPS) is 22.4. The Balaban J connectivity index is 1.90. The number of rotatable bonds is 8. The second-order valence-corrected chi connectivity index (χ2v) is 7.57. The molecule has 2 aromatic rings. The van der Waals surface area contributed by atoms with Crippen LogP contribution in [0.4, 0.5) is 10.6 Å². The number of unbranched alkanes of at least 4 members (excludes halogenated alkanes) is 1. The second kappa shape index (κ2) is 10.1. The van der Waals surface area contributed by atoms with Crippen LogP contribution in [-0.4, -0.2) is 51.6 Å². The minimum atomic E-state index is -1.52. The van der Waals surface area contributed by atoms with E-state index in [0.29, 0.717) is 17.5 Å². The Hall–Kier alpha value is -3.03. The standard InChI is InChI=1S/C21H25ClN4O6/c1-4-7-8-16(27)30-12-21(5-2)14(31-20(28)29-6-3)11-15(32-21)26-10-9-13-17(23)24-19(22)25-18(13)26/h2,9-10,14-15H,4,6-8,11-12H2,1,3H3,(H2,23,24,25)/t14-,15+,21+/m0/s1. The Bertz CT molecular complexity index is 1040. The lowest BCUT2D eigenvalue weighted by Gasteiger charge is -2.28. The molecule has 0 amide bonds. The average molecular weight is 465 g/mol. The largest absolute Gasteiger partial charge is 0.508 e. The van der Waals surface area contributed by atoms with Crippen molar-refractivity contribution < 1.29 is 28.5 Å². The van der Waals surface area contributed by atoms with Gasteiger partial charge in [-0.2, -0.15) is 4.98 Å². The SMILES string of the molecule is C#C[C@]1(COC(=O)CCCC)O[C@@H](n2ccc3c(N)nc(Cl)nc32)C[C@@H]1OC(=O)OCC. The molecular formula is C21H25ClN4O6. The van der Waals surface area contributed by atoms with Crippen LogP contribution in [0.3, 0.4) is 0 Å². The number of aromatic nitrogens is 3. The van der Waals surface area contributed by atoms with Gasteiger partial charge in [-0.15, -0.1) is 6.42 Å². The van der Waals surface area contributed by atoms with Gasteiger partial charge in [0.25, 0.3) is 0 Å². The molecule has 3 atom stereocenters. The number of terminal acetylenes is 1. The number of nitrogens with two attached hydrogens (primary N) is 1. The Morgan fingerprint density at radius 1 is 1.41 bits per heavy atom. The highest BCUT2D eigenvalue weighted by Gasteiger charge is 2.52. The molecule has 3 heterocycles. The van der Waals surface area contributed by atoms with Crippen molar-refractivity contribution in [3.63, 3.8) is 0 Å². The summed E-state index contributed by atoms with van der Waals surface area (Å²) in [5.74, 6) is 2.32. The molecule has 1 aliphatic heterocycles. The predicted octanol–water partition coefficient (Wildman–Crippen LogP) is 3.23. The Kier molecular flexibility index (Phi) is 7.43. The molecule has 3 rings (SSSR count). The average Bonchev–Trinajstić information content (AvgIpc) is 3.33. The van der Waals surface area contributed by atoms with Gasteiger partial charge in [0.1, 0.15) is 24.3 Å². The van der Waals surface area contributed by atoms with E-state index in [1.165, 1.54) is 0 Å². The number of hydrogen-bond acceptors (Lipinski definition) is 9. The summed E-state index contributed by atoms with van der Waals surface area (Å²) in [7, 11) is 0. The molecule has 0 spiro atoms. The molecule has 172 valence electrons. The number of hydrogen-bond donors (Lipinski definition) is 1. The van der Waals surface area contributed by atoms with Crippen LogP contribution in [0, 0.1) is 12.3 Å². The first-order chi connectivity index (χ1) is 15.3. The number of carbonyl (C=O) groups excluding carboxylic acids is 2. The van der Waals surface area contributed by atoms with Crippen molar-refractivity contribution >= 4 is 40.6 Å². The summed E-state index contributed by atoms with van der Waals surface area (Å²) in [6.07, 6.45) is 6.88. The lowest BCUT2D eigenvalue weighted by atomic mass is 9.98. The van der Waals surface area contributed by atoms with E-state index in [1.54, 1.807) is 23.8 Å². The molecule has 1 aliphatic rings. The molecular weight excluding hydrogens is 440 g/mol. The minimum absolute atomic E-state index is 0.0275. The van der Waals surface area contributed by atoms with Gasteiger partial charge in [0.15, 0.2) is 6.10 Å². The number of halogens is 1. The fraction of sp³-hybridized carbons (Fsp3) is 0.524. The molecule has 0 radical (unpaired) electrons. The van der Waals surface area contributed by atoms with E-state index < -0.39 is 30.1 Å². The monoisotopic (exact) mass is 464 g/mol. The molecule has 0 saturated carbocycles. The van der Waals surface area contributed by atoms with E-state index in [-0.39, 0.29) is 37.2 Å². The number of fused-ring (bicyclic) bond motifs is 1. The van der Waals surface area contributed by atoms with Crippen LogP contribution in [0.25, 0.3) is 11.0 Å². The summed E-state index contributed by atoms with van der Waals surface area (Å²) in [5.41, 5.74) is 4.84. The first-order valence-electron chi connectivity index (χ1n) is 10.3. The molecule has 0 bridgehead atoms. The second-order valence-electron chi connectivity index (χ2n) is 7.23. The van der Waals surface area contributed by atoms with Gasteiger partial charge in [-0.25, -0.2) is 9.78 Å². The van der Waals surface area contributed by atoms with E-state index in [4.69, 9.17) is 42.7 Å². The van der Waals surface area contributed by atoms with Gasteiger partial charge >= 0.3 is 12.1 Å². The zero-order valence-electron chi connectivity index (χ0n) is 17.9. The van der Waals surface area contributed by atoms with E-state index >= 15 is 0 Å². The Morgan fingerprint density at radius 3 is 2.88 bits per heavy atom. The van der Waals surface area contributed by atoms with Crippen LogP contribution in [0.2, 0.25) is 5.28 Å². The molecule has 0 aliphatic carbocycles. The lowest BCUT2D eigenvalue weighted by molar-refractivity contribution is -0.157. The van der Waals surface area contributed by atoms with Crippen molar-refractivity contribution in [2.75, 3.05) is 18.9 Å². The lowest BCUT2D eigenvalue weighted by Crippen LogP contribution is -2.45. The summed E-state index contributed by atoms with van der Waals surface area (Å²) < 4.78 is 23.5. The minimum Gasteiger partial charge on any atom is -0.461 e. The smallest absolute Gasteiger partial charge is 0.461 e. The number of carbonyl (C=O) groups is 2. The zero-order valence-corrected chi connectivity index (χ0v) is 18.6. The third kappa shape index (κ3) is 4.89. The number of esters is 1. The molecule has 0 unspecified atom stereocenters. The Labute approximate surface area is 190 Å². The van der Waals surface area contributed by atoms with Gasteiger partial charge in [0, 0.05) is 19.0 Å². The molecule has 1 fully saturated rings. The van der Waals surface area contributed by atoms with Crippen LogP contribution < -0.4 is 5.73 Å². The van der Waals surface area contributed by atoms with Crippen molar-refractivity contribution in [1.82, 2.24) is 14.5 Å². The Morgan fingerprint density at radius 2 is 2.19 bits per heavy atom. The van der Waals surface area contributed by atoms with Crippen LogP contribution in [-0.2, 0) is 23.7 Å². The molecule has 2 N–H and O–H groups in total. The van der Waals surface area contributed by atoms with Crippen molar-refractivity contribution in [2.24, 2.45) is 0 Å². The summed E-state index contributed by atoms with van der Waals surface area (Å²) in [5, 5.41) is 0.547. The highest BCUT2D eigenvalue weighted by molar-refractivity contribution is 6.28. The van der Waals surface area contributed by atoms with Gasteiger partial charge < -0.3 is 29.2 Å². The molecule has 2 aromatic heterocycles. The van der Waals surface area contributed by atoms with Gasteiger partial charge in [-0.05, 0) is 31.0 Å². The molecule has 10 nitrogen and oxygen atoms in total. The van der Waals surface area contributed by atoms with E-state index in [9.17, 15) is 9.59 Å². The first-order valence-corrected chi connectivity index (χ1v) is 10.7. The van der Waals surface area contributed by atoms with Gasteiger partial charge in [-0.3, -0.25) is 4.79 Å². The highest BCUT2D eigenvalue weighted by Crippen LogP contribution is 2.40. The maximum atomic E-state index is 12.1. The topological polar surface area (TPSA) is 128 Å². The number of nitrogens with zero attached hydrogens (tertiary/aromatic N) is 3. The van der Waals surface area contributed by atoms with Crippen LogP contribution >= 0.6 is 11.6 Å². The van der Waals surface area contributed by atoms with Crippen molar-refractivity contribution in [1.29, 1.82) is 0 Å². The maximum Gasteiger partial charge on any atom is 0.508 e. The number of anilines is 1. The fourth-order valence-corrected chi connectivity index (χ4v) is 3.63. The molecule has 11 heteroatoms. The maximum absolute atomic E-state index is 12.1. The van der Waals surface area contributed by atoms with Gasteiger partial charge in [0.05, 0.1) is 12.0 Å². The molecule has 0 aromatic carbocycles. The van der Waals surface area contributed by atoms with E-state index in [2.05, 4.69) is 15.9 Å². The van der Waals surface area contributed by atoms with Crippen LogP contribution in [0.5, 0.6) is 0 Å². The predicted molar refractivity (Wildman–Crippen MR) is 116 cm³/mol. The quantitative estimate of drug-likeness (QED) is 0.355. The van der Waals surface area contributed by atoms with E-state index in [1.807, 2.05) is 6.92 Å². The third-order valence-corrected chi connectivity index (χ3v) is 5.26. The van der Waals surface area contributed by atoms with Crippen molar-refractivity contribution in [3.8, 4) is 12.3 Å². The summed E-state index contributed by atoms with van der Waals surface area (Å²) >= 11 is 5.97. The van der Waals surface area contributed by atoms with Crippen LogP contribution in [0.15, 0.2) is 12.3 Å². The van der Waals surface area contributed by atoms with E-state index in [0.717, 1.165) is 6.42 Å². The first kappa shape index (κ1) is 23.6.